The van der Waals surface area contributed by atoms with Crippen LogP contribution in [0.2, 0.25) is 0 Å². The van der Waals surface area contributed by atoms with Crippen molar-refractivity contribution in [2.24, 2.45) is 0 Å². The zero-order valence-corrected chi connectivity index (χ0v) is 14.1. The average Bonchev–Trinajstić information content (AvgIpc) is 3.22. The Morgan fingerprint density at radius 1 is 1.35 bits per heavy atom. The molecule has 6 heteroatoms. The van der Waals surface area contributed by atoms with Gasteiger partial charge in [-0.3, -0.25) is 0 Å². The Labute approximate surface area is 129 Å². The first-order chi connectivity index (χ1) is 9.53. The third kappa shape index (κ3) is 4.55. The summed E-state index contributed by atoms with van der Waals surface area (Å²) in [6.45, 7) is 3.24. The van der Waals surface area contributed by atoms with Gasteiger partial charge in [-0.25, -0.2) is 13.1 Å². The minimum atomic E-state index is -3.43. The van der Waals surface area contributed by atoms with Crippen LogP contribution in [-0.4, -0.2) is 21.0 Å². The highest BCUT2D eigenvalue weighted by atomic mass is 79.9. The molecular formula is C14H21BrN2O2S. The minimum absolute atomic E-state index is 0.323. The standard InChI is InChI=1S/C14H21BrN2O2S/c1-2-3-8-17-20(18,19)14-9-11(4-7-13(14)15)10-16-12-5-6-12/h4,7,9,12,16-17H,2-3,5-6,8,10H2,1H3. The number of hydrogen-bond acceptors (Lipinski definition) is 3. The molecule has 0 aliphatic heterocycles. The molecule has 1 saturated carbocycles. The Hall–Kier alpha value is -0.430. The van der Waals surface area contributed by atoms with Crippen molar-refractivity contribution in [2.45, 2.75) is 50.1 Å². The van der Waals surface area contributed by atoms with Crippen LogP contribution in [0.3, 0.4) is 0 Å². The molecule has 0 heterocycles. The van der Waals surface area contributed by atoms with E-state index in [1.165, 1.54) is 12.8 Å². The van der Waals surface area contributed by atoms with E-state index in [0.29, 0.717) is 22.0 Å². The van der Waals surface area contributed by atoms with Crippen LogP contribution in [0.1, 0.15) is 38.2 Å². The summed E-state index contributed by atoms with van der Waals surface area (Å²) in [7, 11) is -3.43. The molecule has 0 spiro atoms. The van der Waals surface area contributed by atoms with Crippen LogP contribution in [-0.2, 0) is 16.6 Å². The smallest absolute Gasteiger partial charge is 0.241 e. The first-order valence-corrected chi connectivity index (χ1v) is 9.32. The van der Waals surface area contributed by atoms with Gasteiger partial charge in [0.05, 0.1) is 4.90 Å². The highest BCUT2D eigenvalue weighted by molar-refractivity contribution is 9.10. The van der Waals surface area contributed by atoms with Gasteiger partial charge in [0.2, 0.25) is 10.0 Å². The van der Waals surface area contributed by atoms with E-state index < -0.39 is 10.0 Å². The van der Waals surface area contributed by atoms with E-state index in [1.54, 1.807) is 12.1 Å². The second-order valence-electron chi connectivity index (χ2n) is 5.17. The average molecular weight is 361 g/mol. The van der Waals surface area contributed by atoms with Gasteiger partial charge in [0, 0.05) is 23.6 Å². The first kappa shape index (κ1) is 15.9. The maximum atomic E-state index is 12.3. The van der Waals surface area contributed by atoms with Crippen LogP contribution in [0, 0.1) is 0 Å². The van der Waals surface area contributed by atoms with Gasteiger partial charge in [-0.1, -0.05) is 19.4 Å². The SMILES string of the molecule is CCCCNS(=O)(=O)c1cc(CNC2CC2)ccc1Br. The molecule has 112 valence electrons. The zero-order chi connectivity index (χ0) is 14.6. The Balaban J connectivity index is 2.09. The fourth-order valence-corrected chi connectivity index (χ4v) is 3.96. The molecule has 1 aliphatic carbocycles. The van der Waals surface area contributed by atoms with Gasteiger partial charge in [-0.15, -0.1) is 0 Å². The number of benzene rings is 1. The van der Waals surface area contributed by atoms with Crippen molar-refractivity contribution in [2.75, 3.05) is 6.54 Å². The van der Waals surface area contributed by atoms with E-state index in [4.69, 9.17) is 0 Å². The number of hydrogen-bond donors (Lipinski definition) is 2. The van der Waals surface area contributed by atoms with Crippen molar-refractivity contribution in [3.05, 3.63) is 28.2 Å². The molecule has 0 aromatic heterocycles. The lowest BCUT2D eigenvalue weighted by molar-refractivity contribution is 0.577. The quantitative estimate of drug-likeness (QED) is 0.700. The predicted molar refractivity (Wildman–Crippen MR) is 84.1 cm³/mol. The fraction of sp³-hybridized carbons (Fsp3) is 0.571. The number of unbranched alkanes of at least 4 members (excludes halogenated alkanes) is 1. The lowest BCUT2D eigenvalue weighted by Crippen LogP contribution is -2.25. The molecule has 1 aliphatic rings. The Morgan fingerprint density at radius 3 is 2.75 bits per heavy atom. The van der Waals surface area contributed by atoms with Crippen molar-refractivity contribution < 1.29 is 8.42 Å². The summed E-state index contributed by atoms with van der Waals surface area (Å²) in [5.41, 5.74) is 0.996. The highest BCUT2D eigenvalue weighted by Crippen LogP contribution is 2.24. The lowest BCUT2D eigenvalue weighted by atomic mass is 10.2. The molecule has 1 aromatic rings. The molecule has 1 aromatic carbocycles. The van der Waals surface area contributed by atoms with Crippen molar-refractivity contribution in [3.63, 3.8) is 0 Å². The summed E-state index contributed by atoms with van der Waals surface area (Å²) in [5, 5.41) is 3.39. The minimum Gasteiger partial charge on any atom is -0.310 e. The fourth-order valence-electron chi connectivity index (χ4n) is 1.87. The van der Waals surface area contributed by atoms with E-state index in [-0.39, 0.29) is 0 Å². The Bertz CT molecular complexity index is 556. The second kappa shape index (κ2) is 7.02. The predicted octanol–water partition coefficient (Wildman–Crippen LogP) is 2.78. The molecule has 0 saturated heterocycles. The summed E-state index contributed by atoms with van der Waals surface area (Å²) in [6.07, 6.45) is 4.26. The third-order valence-electron chi connectivity index (χ3n) is 3.28. The highest BCUT2D eigenvalue weighted by Gasteiger charge is 2.21. The molecule has 2 rings (SSSR count). The van der Waals surface area contributed by atoms with Crippen molar-refractivity contribution >= 4 is 26.0 Å². The third-order valence-corrected chi connectivity index (χ3v) is 5.73. The van der Waals surface area contributed by atoms with Crippen LogP contribution < -0.4 is 10.0 Å². The second-order valence-corrected chi connectivity index (χ2v) is 7.76. The van der Waals surface area contributed by atoms with Crippen LogP contribution in [0.5, 0.6) is 0 Å². The number of nitrogens with one attached hydrogen (secondary N) is 2. The van der Waals surface area contributed by atoms with Crippen LogP contribution >= 0.6 is 15.9 Å². The molecule has 0 unspecified atom stereocenters. The van der Waals surface area contributed by atoms with Gasteiger partial charge in [-0.2, -0.15) is 0 Å². The number of halogens is 1. The molecule has 0 atom stereocenters. The van der Waals surface area contributed by atoms with E-state index in [2.05, 4.69) is 26.0 Å². The van der Waals surface area contributed by atoms with Crippen molar-refractivity contribution in [1.82, 2.24) is 10.0 Å². The maximum absolute atomic E-state index is 12.3. The van der Waals surface area contributed by atoms with Gasteiger partial charge >= 0.3 is 0 Å². The molecule has 0 radical (unpaired) electrons. The van der Waals surface area contributed by atoms with E-state index >= 15 is 0 Å². The van der Waals surface area contributed by atoms with Gasteiger partial charge in [0.1, 0.15) is 0 Å². The molecule has 1 fully saturated rings. The van der Waals surface area contributed by atoms with E-state index in [9.17, 15) is 8.42 Å². The summed E-state index contributed by atoms with van der Waals surface area (Å²) in [6, 6.07) is 6.11. The lowest BCUT2D eigenvalue weighted by Gasteiger charge is -2.10. The summed E-state index contributed by atoms with van der Waals surface area (Å²) >= 11 is 3.33. The van der Waals surface area contributed by atoms with Gasteiger partial charge in [0.15, 0.2) is 0 Å². The summed E-state index contributed by atoms with van der Waals surface area (Å²) in [5.74, 6) is 0. The monoisotopic (exact) mass is 360 g/mol. The van der Waals surface area contributed by atoms with Crippen LogP contribution in [0.25, 0.3) is 0 Å². The topological polar surface area (TPSA) is 58.2 Å². The molecule has 0 bridgehead atoms. The van der Waals surface area contributed by atoms with Gasteiger partial charge < -0.3 is 5.32 Å². The van der Waals surface area contributed by atoms with Crippen molar-refractivity contribution in [1.29, 1.82) is 0 Å². The van der Waals surface area contributed by atoms with Crippen LogP contribution in [0.4, 0.5) is 0 Å². The first-order valence-electron chi connectivity index (χ1n) is 7.04. The zero-order valence-electron chi connectivity index (χ0n) is 11.7. The number of sulfonamides is 1. The van der Waals surface area contributed by atoms with Gasteiger partial charge in [-0.05, 0) is 52.9 Å². The summed E-state index contributed by atoms with van der Waals surface area (Å²) in [4.78, 5) is 0.323. The molecule has 4 nitrogen and oxygen atoms in total. The molecule has 0 amide bonds. The van der Waals surface area contributed by atoms with E-state index in [1.807, 2.05) is 13.0 Å². The normalized spacial score (nSPS) is 15.5. The Morgan fingerprint density at radius 2 is 2.10 bits per heavy atom. The number of rotatable bonds is 8. The largest absolute Gasteiger partial charge is 0.310 e. The molecule has 20 heavy (non-hydrogen) atoms. The molecule has 2 N–H and O–H groups in total. The van der Waals surface area contributed by atoms with Crippen LogP contribution in [0.15, 0.2) is 27.6 Å². The van der Waals surface area contributed by atoms with Crippen molar-refractivity contribution in [3.8, 4) is 0 Å². The van der Waals surface area contributed by atoms with E-state index in [0.717, 1.165) is 24.9 Å². The molecular weight excluding hydrogens is 340 g/mol. The van der Waals surface area contributed by atoms with Gasteiger partial charge in [0.25, 0.3) is 0 Å². The maximum Gasteiger partial charge on any atom is 0.241 e. The summed E-state index contributed by atoms with van der Waals surface area (Å²) < 4.78 is 27.8. The Kier molecular flexibility index (Phi) is 5.60.